The van der Waals surface area contributed by atoms with Gasteiger partial charge in [-0.2, -0.15) is 0 Å². The topological polar surface area (TPSA) is 55.1 Å². The summed E-state index contributed by atoms with van der Waals surface area (Å²) in [6.45, 7) is 1.99. The minimum Gasteiger partial charge on any atom is -0.481 e. The number of hydrogen-bond acceptors (Lipinski definition) is 2. The zero-order valence-corrected chi connectivity index (χ0v) is 7.24. The minimum atomic E-state index is -0.819. The molecule has 0 aromatic carbocycles. The van der Waals surface area contributed by atoms with Crippen LogP contribution in [0.1, 0.15) is 18.4 Å². The van der Waals surface area contributed by atoms with Crippen LogP contribution in [-0.4, -0.2) is 20.6 Å². The molecule has 1 aromatic rings. The number of carboxylic acids is 1. The number of carbonyl (C=O) groups is 1. The third kappa shape index (κ3) is 1.64. The van der Waals surface area contributed by atoms with Crippen molar-refractivity contribution in [1.82, 2.24) is 9.55 Å². The van der Waals surface area contributed by atoms with E-state index in [2.05, 4.69) is 4.98 Å². The molecule has 0 atom stereocenters. The first kappa shape index (κ1) is 8.77. The predicted octanol–water partition coefficient (Wildman–Crippen LogP) is 0.610. The molecule has 0 spiro atoms. The fraction of sp³-hybridized carbons (Fsp3) is 0.500. The van der Waals surface area contributed by atoms with Crippen LogP contribution in [0.2, 0.25) is 0 Å². The van der Waals surface area contributed by atoms with Crippen LogP contribution < -0.4 is 0 Å². The van der Waals surface area contributed by atoms with Gasteiger partial charge in [0.05, 0.1) is 6.42 Å². The molecule has 0 amide bonds. The van der Waals surface area contributed by atoms with Crippen molar-refractivity contribution in [2.24, 2.45) is 7.05 Å². The summed E-state index contributed by atoms with van der Waals surface area (Å²) >= 11 is 0. The molecule has 0 saturated heterocycles. The lowest BCUT2D eigenvalue weighted by Crippen LogP contribution is -2.06. The van der Waals surface area contributed by atoms with Gasteiger partial charge in [0.1, 0.15) is 5.82 Å². The summed E-state index contributed by atoms with van der Waals surface area (Å²) in [5.74, 6) is 0.104. The van der Waals surface area contributed by atoms with Crippen LogP contribution >= 0.6 is 0 Å². The molecule has 1 heterocycles. The highest BCUT2D eigenvalue weighted by Gasteiger charge is 2.07. The van der Waals surface area contributed by atoms with Crippen LogP contribution in [0.15, 0.2) is 6.20 Å². The normalized spacial score (nSPS) is 10.2. The summed E-state index contributed by atoms with van der Waals surface area (Å²) in [4.78, 5) is 14.5. The molecular formula is C8H12N2O2. The van der Waals surface area contributed by atoms with E-state index in [-0.39, 0.29) is 6.42 Å². The third-order valence-corrected chi connectivity index (χ3v) is 1.83. The first-order chi connectivity index (χ1) is 5.65. The summed E-state index contributed by atoms with van der Waals surface area (Å²) in [5, 5.41) is 8.53. The Balaban J connectivity index is 2.87. The number of imidazole rings is 1. The Labute approximate surface area is 70.9 Å². The number of carboxylic acid groups (broad SMARTS) is 1. The van der Waals surface area contributed by atoms with Crippen molar-refractivity contribution in [2.45, 2.75) is 19.8 Å². The van der Waals surface area contributed by atoms with Crippen molar-refractivity contribution >= 4 is 5.97 Å². The van der Waals surface area contributed by atoms with Crippen LogP contribution in [0.3, 0.4) is 0 Å². The molecule has 66 valence electrons. The maximum Gasteiger partial charge on any atom is 0.309 e. The zero-order valence-electron chi connectivity index (χ0n) is 7.24. The van der Waals surface area contributed by atoms with Gasteiger partial charge in [-0.3, -0.25) is 4.79 Å². The Morgan fingerprint density at radius 1 is 1.75 bits per heavy atom. The van der Waals surface area contributed by atoms with Crippen molar-refractivity contribution in [3.8, 4) is 0 Å². The highest BCUT2D eigenvalue weighted by Crippen LogP contribution is 2.04. The van der Waals surface area contributed by atoms with E-state index in [1.54, 1.807) is 6.20 Å². The maximum absolute atomic E-state index is 10.4. The first-order valence-corrected chi connectivity index (χ1v) is 3.86. The van der Waals surface area contributed by atoms with Crippen molar-refractivity contribution < 1.29 is 9.90 Å². The Kier molecular flexibility index (Phi) is 2.47. The molecule has 1 rings (SSSR count). The van der Waals surface area contributed by atoms with Gasteiger partial charge in [0, 0.05) is 25.4 Å². The molecule has 0 unspecified atom stereocenters. The van der Waals surface area contributed by atoms with Crippen LogP contribution in [0.4, 0.5) is 0 Å². The van der Waals surface area contributed by atoms with Gasteiger partial charge in [-0.05, 0) is 0 Å². The molecule has 4 heteroatoms. The fourth-order valence-electron chi connectivity index (χ4n) is 1.14. The van der Waals surface area contributed by atoms with Gasteiger partial charge in [-0.15, -0.1) is 0 Å². The molecule has 0 bridgehead atoms. The van der Waals surface area contributed by atoms with Crippen molar-refractivity contribution in [2.75, 3.05) is 0 Å². The highest BCUT2D eigenvalue weighted by molar-refractivity contribution is 5.69. The summed E-state index contributed by atoms with van der Waals surface area (Å²) < 4.78 is 1.83. The minimum absolute atomic E-state index is 0.0451. The van der Waals surface area contributed by atoms with Crippen molar-refractivity contribution in [1.29, 1.82) is 0 Å². The second kappa shape index (κ2) is 3.38. The second-order valence-corrected chi connectivity index (χ2v) is 2.65. The number of hydrogen-bond donors (Lipinski definition) is 1. The van der Waals surface area contributed by atoms with Crippen LogP contribution in [0, 0.1) is 0 Å². The van der Waals surface area contributed by atoms with Crippen LogP contribution in [0.5, 0.6) is 0 Å². The molecular weight excluding hydrogens is 156 g/mol. The molecule has 0 aliphatic heterocycles. The number of nitrogens with zero attached hydrogens (tertiary/aromatic N) is 2. The number of rotatable bonds is 3. The Morgan fingerprint density at radius 3 is 2.83 bits per heavy atom. The highest BCUT2D eigenvalue weighted by atomic mass is 16.4. The monoisotopic (exact) mass is 168 g/mol. The molecule has 0 saturated carbocycles. The lowest BCUT2D eigenvalue weighted by atomic mass is 10.3. The van der Waals surface area contributed by atoms with Gasteiger partial charge < -0.3 is 9.67 Å². The van der Waals surface area contributed by atoms with E-state index >= 15 is 0 Å². The molecule has 0 aliphatic carbocycles. The molecule has 1 aromatic heterocycles. The maximum atomic E-state index is 10.4. The summed E-state index contributed by atoms with van der Waals surface area (Å²) in [7, 11) is 1.84. The number of aryl methyl sites for hydroxylation is 1. The molecule has 0 fully saturated rings. The van der Waals surface area contributed by atoms with E-state index in [1.165, 1.54) is 0 Å². The Bertz CT molecular complexity index is 291. The summed E-state index contributed by atoms with van der Waals surface area (Å²) in [5.41, 5.74) is 0.749. The van der Waals surface area contributed by atoms with Gasteiger partial charge in [0.2, 0.25) is 0 Å². The van der Waals surface area contributed by atoms with Gasteiger partial charge in [-0.25, -0.2) is 4.98 Å². The lowest BCUT2D eigenvalue weighted by molar-refractivity contribution is -0.136. The smallest absolute Gasteiger partial charge is 0.309 e. The molecule has 4 nitrogen and oxygen atoms in total. The first-order valence-electron chi connectivity index (χ1n) is 3.86. The average Bonchev–Trinajstić information content (AvgIpc) is 2.32. The number of aliphatic carboxylic acids is 1. The van der Waals surface area contributed by atoms with Gasteiger partial charge in [0.15, 0.2) is 0 Å². The molecule has 0 aliphatic rings. The van der Waals surface area contributed by atoms with E-state index in [0.717, 1.165) is 17.9 Å². The lowest BCUT2D eigenvalue weighted by Gasteiger charge is -2.00. The van der Waals surface area contributed by atoms with Gasteiger partial charge in [-0.1, -0.05) is 6.92 Å². The predicted molar refractivity (Wildman–Crippen MR) is 43.9 cm³/mol. The summed E-state index contributed by atoms with van der Waals surface area (Å²) in [6.07, 6.45) is 2.49. The SMILES string of the molecule is CCc1ncc(CC(=O)O)n1C. The van der Waals surface area contributed by atoms with E-state index in [4.69, 9.17) is 5.11 Å². The van der Waals surface area contributed by atoms with E-state index in [9.17, 15) is 4.79 Å². The van der Waals surface area contributed by atoms with Crippen molar-refractivity contribution in [3.63, 3.8) is 0 Å². The van der Waals surface area contributed by atoms with Crippen LogP contribution in [0.25, 0.3) is 0 Å². The standard InChI is InChI=1S/C8H12N2O2/c1-3-7-9-5-6(10(7)2)4-8(11)12/h5H,3-4H2,1-2H3,(H,11,12). The van der Waals surface area contributed by atoms with E-state index in [1.807, 2.05) is 18.5 Å². The Morgan fingerprint density at radius 2 is 2.42 bits per heavy atom. The largest absolute Gasteiger partial charge is 0.481 e. The van der Waals surface area contributed by atoms with Crippen LogP contribution in [-0.2, 0) is 24.7 Å². The van der Waals surface area contributed by atoms with Gasteiger partial charge in [0.25, 0.3) is 0 Å². The third-order valence-electron chi connectivity index (χ3n) is 1.83. The Hall–Kier alpha value is -1.32. The average molecular weight is 168 g/mol. The fourth-order valence-corrected chi connectivity index (χ4v) is 1.14. The zero-order chi connectivity index (χ0) is 9.14. The molecule has 0 radical (unpaired) electrons. The second-order valence-electron chi connectivity index (χ2n) is 2.65. The molecule has 1 N–H and O–H groups in total. The molecule has 12 heavy (non-hydrogen) atoms. The summed E-state index contributed by atoms with van der Waals surface area (Å²) in [6, 6.07) is 0. The van der Waals surface area contributed by atoms with Crippen molar-refractivity contribution in [3.05, 3.63) is 17.7 Å². The van der Waals surface area contributed by atoms with Gasteiger partial charge >= 0.3 is 5.97 Å². The van der Waals surface area contributed by atoms with E-state index in [0.29, 0.717) is 0 Å². The number of aromatic nitrogens is 2. The van der Waals surface area contributed by atoms with E-state index < -0.39 is 5.97 Å². The quantitative estimate of drug-likeness (QED) is 0.719.